The Morgan fingerprint density at radius 1 is 0.358 bits per heavy atom. The third-order valence-electron chi connectivity index (χ3n) is 30.6. The minimum atomic E-state index is -0.789. The van der Waals surface area contributed by atoms with E-state index in [2.05, 4.69) is 4.74 Å². The summed E-state index contributed by atoms with van der Waals surface area (Å²) < 4.78 is 30.6. The molecule has 134 heavy (non-hydrogen) atoms. The number of likely N-dealkylation sites (tertiary alicyclic amines) is 7. The van der Waals surface area contributed by atoms with Gasteiger partial charge in [-0.25, -0.2) is 14.7 Å². The molecule has 0 radical (unpaired) electrons. The number of imide groups is 7. The number of nitrogens with zero attached hydrogens (tertiary/aromatic N) is 7. The maximum Gasteiger partial charge on any atom is 0.311 e. The molecule has 4 aliphatic carbocycles. The second kappa shape index (κ2) is 45.4. The van der Waals surface area contributed by atoms with E-state index in [0.717, 1.165) is 66.1 Å². The molecule has 11 fully saturated rings. The lowest BCUT2D eigenvalue weighted by Gasteiger charge is -2.59. The highest BCUT2D eigenvalue weighted by Gasteiger charge is 2.65. The molecule has 0 aromatic heterocycles. The van der Waals surface area contributed by atoms with Gasteiger partial charge in [-0.3, -0.25) is 115 Å². The van der Waals surface area contributed by atoms with Crippen LogP contribution in [0.2, 0.25) is 0 Å². The monoisotopic (exact) mass is 1890 g/mol. The van der Waals surface area contributed by atoms with Crippen LogP contribution in [0.3, 0.4) is 0 Å². The van der Waals surface area contributed by atoms with Crippen LogP contribution in [0, 0.1) is 79.3 Å². The van der Waals surface area contributed by atoms with Crippen molar-refractivity contribution in [3.05, 3.63) is 0 Å². The normalized spacial score (nSPS) is 25.4. The highest BCUT2D eigenvalue weighted by atomic mass is 16.6. The molecule has 758 valence electrons. The number of amides is 14. The summed E-state index contributed by atoms with van der Waals surface area (Å²) in [6, 6.07) is 0. The molecule has 0 N–H and O–H groups in total. The molecule has 0 aromatic rings. The molecule has 33 heteroatoms. The lowest BCUT2D eigenvalue weighted by atomic mass is 9.63. The fourth-order valence-corrected chi connectivity index (χ4v) is 16.8. The van der Waals surface area contributed by atoms with Crippen molar-refractivity contribution >= 4 is 119 Å². The highest BCUT2D eigenvalue weighted by molar-refractivity contribution is 6.08. The summed E-state index contributed by atoms with van der Waals surface area (Å²) in [4.78, 5) is 244. The van der Waals surface area contributed by atoms with Crippen molar-refractivity contribution in [3.8, 4) is 0 Å². The number of carbonyl (C=O) groups excluding carboxylic acids is 20. The van der Waals surface area contributed by atoms with Gasteiger partial charge in [0.05, 0.1) is 88.4 Å². The number of carbonyl (C=O) groups is 20. The van der Waals surface area contributed by atoms with Crippen LogP contribution < -0.4 is 0 Å². The van der Waals surface area contributed by atoms with Crippen LogP contribution in [0.4, 0.5) is 0 Å². The van der Waals surface area contributed by atoms with Gasteiger partial charge in [-0.1, -0.05) is 96.4 Å². The van der Waals surface area contributed by atoms with Gasteiger partial charge in [0, 0.05) is 61.2 Å². The maximum absolute atomic E-state index is 12.5. The number of fused-ring (bicyclic) bond motifs is 2. The molecule has 11 aliphatic rings. The second-order valence-electron chi connectivity index (χ2n) is 44.5. The number of hydrogen-bond acceptors (Lipinski definition) is 26. The largest absolute Gasteiger partial charge is 0.469 e. The molecular weight excluding hydrogens is 1730 g/mol. The summed E-state index contributed by atoms with van der Waals surface area (Å²) in [7, 11) is 1.42. The van der Waals surface area contributed by atoms with E-state index in [4.69, 9.17) is 23.7 Å². The van der Waals surface area contributed by atoms with Gasteiger partial charge < -0.3 is 28.4 Å². The first-order valence-corrected chi connectivity index (χ1v) is 48.3. The van der Waals surface area contributed by atoms with Crippen LogP contribution in [0.5, 0.6) is 0 Å². The average Bonchev–Trinajstić information content (AvgIpc) is 0.738. The van der Waals surface area contributed by atoms with E-state index in [1.54, 1.807) is 0 Å². The van der Waals surface area contributed by atoms with Crippen molar-refractivity contribution < 1.29 is 124 Å². The number of ether oxygens (including phenoxy) is 6. The first-order chi connectivity index (χ1) is 61.2. The minimum absolute atomic E-state index is 0.0222. The minimum Gasteiger partial charge on any atom is -0.469 e. The van der Waals surface area contributed by atoms with Gasteiger partial charge in [0.1, 0.15) is 12.2 Å². The molecule has 33 nitrogen and oxygen atoms in total. The second-order valence-corrected chi connectivity index (χ2v) is 44.5. The average molecular weight is 1890 g/mol. The van der Waals surface area contributed by atoms with Gasteiger partial charge in [-0.15, -0.1) is 0 Å². The van der Waals surface area contributed by atoms with Crippen LogP contribution in [-0.2, 0) is 124 Å². The van der Waals surface area contributed by atoms with Gasteiger partial charge in [0.25, 0.3) is 0 Å². The quantitative estimate of drug-likeness (QED) is 0.0420. The molecule has 0 spiro atoms. The Labute approximate surface area is 795 Å². The Morgan fingerprint density at radius 2 is 0.679 bits per heavy atom. The third-order valence-corrected chi connectivity index (χ3v) is 30.6. The summed E-state index contributed by atoms with van der Waals surface area (Å²) in [5.74, 6) is -3.72. The van der Waals surface area contributed by atoms with Crippen LogP contribution in [0.25, 0.3) is 0 Å². The Balaban J connectivity index is 0.000000326. The molecule has 0 aromatic carbocycles. The third kappa shape index (κ3) is 26.6. The summed E-state index contributed by atoms with van der Waals surface area (Å²) in [6.45, 7) is 63.0. The predicted molar refractivity (Wildman–Crippen MR) is 496 cm³/mol. The van der Waals surface area contributed by atoms with Crippen molar-refractivity contribution in [1.82, 2.24) is 34.3 Å². The van der Waals surface area contributed by atoms with Crippen LogP contribution in [-0.4, -0.2) is 213 Å². The molecule has 2 bridgehead atoms. The molecule has 4 saturated carbocycles. The number of hydrogen-bond donors (Lipinski definition) is 0. The summed E-state index contributed by atoms with van der Waals surface area (Å²) in [6.07, 6.45) is 12.0. The smallest absolute Gasteiger partial charge is 0.311 e. The zero-order valence-corrected chi connectivity index (χ0v) is 87.4. The molecule has 10 atom stereocenters. The molecule has 10 unspecified atom stereocenters. The zero-order chi connectivity index (χ0) is 104. The van der Waals surface area contributed by atoms with Crippen LogP contribution in [0.15, 0.2) is 0 Å². The topological polar surface area (TPSA) is 419 Å². The Kier molecular flexibility index (Phi) is 39.7. The van der Waals surface area contributed by atoms with Crippen molar-refractivity contribution in [2.24, 2.45) is 79.3 Å². The van der Waals surface area contributed by atoms with Gasteiger partial charge in [-0.05, 0) is 246 Å². The highest BCUT2D eigenvalue weighted by Crippen LogP contribution is 2.52. The number of esters is 6. The van der Waals surface area contributed by atoms with Gasteiger partial charge in [0.2, 0.25) is 82.7 Å². The molecule has 7 aliphatic heterocycles. The SMILES string of the molecule is CC(=O)OC1CC(=O)N1C(=O)C1CC2CCC1C2.CCC(C)(C)C(=O)N1C(=O)C(C)(C)C1(C)C.CCC(C)(C)C(=O)N1C(=O)CC1(C)C.CCC(C)(C)C(=O)OC.CCC(C)(C)C(=O)OC1CCC(C(=O)N2C(=O)CC2OC(C)=O)C1.CCC(C)(C)C(=O)OC1CCC(C(=O)N2C(=O)CC2OC(C)=O)CC1.CCC(C)C(=O)N1C(=O)C(C)(C)C1(C)C.CCC(C)C(=O)N1C(=O)CC1(C)C. The lowest BCUT2D eigenvalue weighted by Crippen LogP contribution is -2.75. The standard InChI is InChI=1S/C18H27NO6.C17H25NO6.C13H17NO4.C13H23NO2.C12H21NO2.C11H19NO2.C10H17NO2.C7H14O2/c1-5-18(3,4)17(23)25-13-8-6-12(7-9-13)16(22)19-14(21)10-15(19)24-11(2)20;1-5-17(3,4)16(22)24-12-7-6-11(8-12)15(21)18-13(20)9-14(18)23-10(2)19;1-7(15)18-12-6-11(16)14(12)13(17)10-5-8-2-3-9(10)4-8;1-8-11(2,3)9(15)14-10(16)12(4,5)13(14,6)7;1-7-8(2)9(14)13-10(15)11(3,4)12(13,5)6;1-6-10(2,3)9(14)12-8(13)7-11(12,4)5;1-5-7(2)9(13)11-8(12)6-10(11,3)4;1-5-7(2,3)6(8)9-4/h12-13,15H,5-10H2,1-4H3;11-12,14H,5-9H2,1-4H3;8-10,12H,2-6H2,1H3;8H2,1-7H3;8H,7H2,1-6H3;6-7H2,1-5H3;7H,5-6H2,1-4H3;5H2,1-4H3. The zero-order valence-electron chi connectivity index (χ0n) is 87.4. The summed E-state index contributed by atoms with van der Waals surface area (Å²) in [5.41, 5.74) is -4.37. The maximum atomic E-state index is 12.5. The fourth-order valence-electron chi connectivity index (χ4n) is 16.8. The first kappa shape index (κ1) is 117. The van der Waals surface area contributed by atoms with Crippen LogP contribution >= 0.6 is 0 Å². The lowest BCUT2D eigenvalue weighted by molar-refractivity contribution is -0.193. The summed E-state index contributed by atoms with van der Waals surface area (Å²) >= 11 is 0. The van der Waals surface area contributed by atoms with Crippen molar-refractivity contribution in [1.29, 1.82) is 0 Å². The molecule has 7 heterocycles. The Bertz CT molecular complexity index is 4400. The number of rotatable bonds is 22. The van der Waals surface area contributed by atoms with Crippen molar-refractivity contribution in [2.75, 3.05) is 7.11 Å². The van der Waals surface area contributed by atoms with E-state index in [-0.39, 0.29) is 189 Å². The van der Waals surface area contributed by atoms with Gasteiger partial charge in [0.15, 0.2) is 18.7 Å². The van der Waals surface area contributed by atoms with E-state index in [1.165, 1.54) is 53.9 Å². The molecular formula is C101H163N7O26. The van der Waals surface area contributed by atoms with E-state index < -0.39 is 69.1 Å². The number of methoxy groups -OCH3 is 1. The summed E-state index contributed by atoms with van der Waals surface area (Å²) in [5, 5.41) is 0. The Morgan fingerprint density at radius 3 is 0.978 bits per heavy atom. The first-order valence-electron chi connectivity index (χ1n) is 48.3. The van der Waals surface area contributed by atoms with E-state index in [9.17, 15) is 95.9 Å². The van der Waals surface area contributed by atoms with E-state index in [0.29, 0.717) is 82.5 Å². The van der Waals surface area contributed by atoms with Crippen LogP contribution in [0.1, 0.15) is 383 Å². The molecule has 14 amide bonds. The van der Waals surface area contributed by atoms with Gasteiger partial charge in [-0.2, -0.15) is 0 Å². The molecule has 11 rings (SSSR count). The van der Waals surface area contributed by atoms with E-state index >= 15 is 0 Å². The Hall–Kier alpha value is -9.20. The van der Waals surface area contributed by atoms with Crippen molar-refractivity contribution in [2.45, 2.75) is 436 Å². The predicted octanol–water partition coefficient (Wildman–Crippen LogP) is 15.0. The number of β-lactam (4-membered cyclic amide) rings is 7. The molecule has 7 saturated heterocycles. The van der Waals surface area contributed by atoms with E-state index in [1.807, 2.05) is 215 Å². The fraction of sp³-hybridized carbons (Fsp3) is 0.802. The van der Waals surface area contributed by atoms with Gasteiger partial charge >= 0.3 is 35.8 Å². The van der Waals surface area contributed by atoms with Crippen molar-refractivity contribution in [3.63, 3.8) is 0 Å².